The number of aryl methyl sites for hydroxylation is 1. The van der Waals surface area contributed by atoms with Gasteiger partial charge in [-0.25, -0.2) is 4.98 Å². The van der Waals surface area contributed by atoms with Crippen molar-refractivity contribution in [1.29, 1.82) is 0 Å². The van der Waals surface area contributed by atoms with Gasteiger partial charge in [-0.05, 0) is 43.4 Å². The van der Waals surface area contributed by atoms with Crippen molar-refractivity contribution in [2.24, 2.45) is 0 Å². The van der Waals surface area contributed by atoms with Gasteiger partial charge >= 0.3 is 0 Å². The fourth-order valence-electron chi connectivity index (χ4n) is 3.02. The van der Waals surface area contributed by atoms with Crippen LogP contribution in [0.2, 0.25) is 0 Å². The molecule has 3 heterocycles. The summed E-state index contributed by atoms with van der Waals surface area (Å²) in [5, 5.41) is 0. The number of nitrogens with two attached hydrogens (primary N) is 1. The Morgan fingerprint density at radius 3 is 2.95 bits per heavy atom. The Labute approximate surface area is 124 Å². The number of ether oxygens (including phenoxy) is 2. The van der Waals surface area contributed by atoms with Gasteiger partial charge in [0.15, 0.2) is 11.6 Å². The average molecular weight is 294 g/mol. The van der Waals surface area contributed by atoms with Gasteiger partial charge in [-0.2, -0.15) is 11.8 Å². The summed E-state index contributed by atoms with van der Waals surface area (Å²) in [5.74, 6) is 3.59. The largest absolute Gasteiger partial charge is 0.486 e. The highest BCUT2D eigenvalue weighted by molar-refractivity contribution is 7.99. The fraction of sp³-hybridized carbons (Fsp3) is 0.667. The molecular formula is C15H22N2O2S. The zero-order chi connectivity index (χ0) is 14.0. The maximum atomic E-state index is 6.09. The van der Waals surface area contributed by atoms with E-state index in [1.54, 1.807) is 0 Å². The SMILES string of the molecule is Cc1ccc(OC2CCOC3(CCSCC3)C2)c(N)n1. The molecule has 110 valence electrons. The number of thioether (sulfide) groups is 1. The quantitative estimate of drug-likeness (QED) is 0.909. The monoisotopic (exact) mass is 294 g/mol. The molecule has 1 unspecified atom stereocenters. The molecule has 1 aromatic heterocycles. The summed E-state index contributed by atoms with van der Waals surface area (Å²) in [7, 11) is 0. The summed E-state index contributed by atoms with van der Waals surface area (Å²) in [4.78, 5) is 4.26. The van der Waals surface area contributed by atoms with Crippen LogP contribution in [0, 0.1) is 6.92 Å². The van der Waals surface area contributed by atoms with E-state index >= 15 is 0 Å². The number of pyridine rings is 1. The zero-order valence-electron chi connectivity index (χ0n) is 11.9. The molecule has 2 fully saturated rings. The molecule has 1 aromatic rings. The van der Waals surface area contributed by atoms with E-state index in [9.17, 15) is 0 Å². The number of rotatable bonds is 2. The lowest BCUT2D eigenvalue weighted by Crippen LogP contribution is -2.46. The summed E-state index contributed by atoms with van der Waals surface area (Å²) in [6.07, 6.45) is 4.38. The maximum Gasteiger partial charge on any atom is 0.166 e. The van der Waals surface area contributed by atoms with Crippen molar-refractivity contribution in [2.45, 2.75) is 44.3 Å². The Morgan fingerprint density at radius 2 is 2.20 bits per heavy atom. The molecule has 0 amide bonds. The molecule has 2 N–H and O–H groups in total. The van der Waals surface area contributed by atoms with E-state index in [4.69, 9.17) is 15.2 Å². The summed E-state index contributed by atoms with van der Waals surface area (Å²) < 4.78 is 12.2. The van der Waals surface area contributed by atoms with E-state index in [0.29, 0.717) is 11.6 Å². The Balaban J connectivity index is 1.68. The topological polar surface area (TPSA) is 57.4 Å². The third-order valence-corrected chi connectivity index (χ3v) is 5.16. The van der Waals surface area contributed by atoms with Crippen molar-refractivity contribution < 1.29 is 9.47 Å². The predicted molar refractivity (Wildman–Crippen MR) is 82.3 cm³/mol. The van der Waals surface area contributed by atoms with Gasteiger partial charge < -0.3 is 15.2 Å². The van der Waals surface area contributed by atoms with Crippen molar-refractivity contribution >= 4 is 17.6 Å². The molecule has 5 heteroatoms. The summed E-state index contributed by atoms with van der Waals surface area (Å²) in [6, 6.07) is 3.87. The maximum absolute atomic E-state index is 6.09. The van der Waals surface area contributed by atoms with E-state index in [-0.39, 0.29) is 11.7 Å². The number of hydrogen-bond donors (Lipinski definition) is 1. The van der Waals surface area contributed by atoms with Crippen LogP contribution < -0.4 is 10.5 Å². The van der Waals surface area contributed by atoms with Crippen LogP contribution in [0.3, 0.4) is 0 Å². The van der Waals surface area contributed by atoms with Crippen molar-refractivity contribution in [3.05, 3.63) is 17.8 Å². The zero-order valence-corrected chi connectivity index (χ0v) is 12.7. The molecule has 0 saturated carbocycles. The Bertz CT molecular complexity index is 469. The van der Waals surface area contributed by atoms with Gasteiger partial charge in [0.1, 0.15) is 6.10 Å². The van der Waals surface area contributed by atoms with Gasteiger partial charge in [0.2, 0.25) is 0 Å². The van der Waals surface area contributed by atoms with Crippen LogP contribution in [0.15, 0.2) is 12.1 Å². The third kappa shape index (κ3) is 3.04. The summed E-state index contributed by atoms with van der Waals surface area (Å²) in [6.45, 7) is 2.72. The third-order valence-electron chi connectivity index (χ3n) is 4.17. The molecule has 20 heavy (non-hydrogen) atoms. The summed E-state index contributed by atoms with van der Waals surface area (Å²) >= 11 is 2.02. The molecule has 2 aliphatic rings. The minimum absolute atomic E-state index is 0.0427. The predicted octanol–water partition coefficient (Wildman–Crippen LogP) is 2.80. The van der Waals surface area contributed by atoms with Crippen LogP contribution in [-0.2, 0) is 4.74 Å². The lowest BCUT2D eigenvalue weighted by Gasteiger charge is -2.43. The molecule has 0 aliphatic carbocycles. The molecule has 0 radical (unpaired) electrons. The smallest absolute Gasteiger partial charge is 0.166 e. The molecule has 3 rings (SSSR count). The van der Waals surface area contributed by atoms with Crippen molar-refractivity contribution in [2.75, 3.05) is 23.8 Å². The Kier molecular flexibility index (Phi) is 4.08. The van der Waals surface area contributed by atoms with Crippen molar-refractivity contribution in [1.82, 2.24) is 4.98 Å². The summed E-state index contributed by atoms with van der Waals surface area (Å²) in [5.41, 5.74) is 6.90. The second-order valence-electron chi connectivity index (χ2n) is 5.71. The standard InChI is InChI=1S/C15H22N2O2S/c1-11-2-3-13(14(16)17-11)19-12-4-7-18-15(10-12)5-8-20-9-6-15/h2-3,12H,4-10H2,1H3,(H2,16,17). The molecule has 4 nitrogen and oxygen atoms in total. The lowest BCUT2D eigenvalue weighted by molar-refractivity contribution is -0.116. The van der Waals surface area contributed by atoms with Gasteiger partial charge in [0.05, 0.1) is 12.2 Å². The molecule has 2 saturated heterocycles. The molecule has 0 aromatic carbocycles. The normalized spacial score (nSPS) is 25.6. The number of nitrogen functional groups attached to an aromatic ring is 1. The molecule has 2 aliphatic heterocycles. The Morgan fingerprint density at radius 1 is 1.40 bits per heavy atom. The first-order valence-corrected chi connectivity index (χ1v) is 8.44. The van der Waals surface area contributed by atoms with Crippen LogP contribution in [0.1, 0.15) is 31.4 Å². The van der Waals surface area contributed by atoms with Crippen molar-refractivity contribution in [3.8, 4) is 5.75 Å². The minimum Gasteiger partial charge on any atom is -0.486 e. The van der Waals surface area contributed by atoms with Crippen LogP contribution in [0.4, 0.5) is 5.82 Å². The fourth-order valence-corrected chi connectivity index (χ4v) is 4.26. The highest BCUT2D eigenvalue weighted by Gasteiger charge is 2.39. The van der Waals surface area contributed by atoms with Gasteiger partial charge in [-0.1, -0.05) is 0 Å². The average Bonchev–Trinajstić information content (AvgIpc) is 2.43. The van der Waals surface area contributed by atoms with E-state index in [1.165, 1.54) is 11.5 Å². The van der Waals surface area contributed by atoms with E-state index < -0.39 is 0 Å². The van der Waals surface area contributed by atoms with Gasteiger partial charge in [0, 0.05) is 18.5 Å². The van der Waals surface area contributed by atoms with E-state index in [0.717, 1.165) is 38.0 Å². The second-order valence-corrected chi connectivity index (χ2v) is 6.94. The van der Waals surface area contributed by atoms with E-state index in [2.05, 4.69) is 4.98 Å². The highest BCUT2D eigenvalue weighted by Crippen LogP contribution is 2.39. The van der Waals surface area contributed by atoms with Crippen LogP contribution in [0.25, 0.3) is 0 Å². The molecule has 1 atom stereocenters. The minimum atomic E-state index is 0.0427. The Hall–Kier alpha value is -0.940. The van der Waals surface area contributed by atoms with Gasteiger partial charge in [-0.3, -0.25) is 0 Å². The lowest BCUT2D eigenvalue weighted by atomic mass is 9.86. The van der Waals surface area contributed by atoms with Crippen molar-refractivity contribution in [3.63, 3.8) is 0 Å². The first-order chi connectivity index (χ1) is 9.67. The molecule has 1 spiro atoms. The first-order valence-electron chi connectivity index (χ1n) is 7.28. The number of hydrogen-bond acceptors (Lipinski definition) is 5. The number of anilines is 1. The number of aromatic nitrogens is 1. The molecular weight excluding hydrogens is 272 g/mol. The first kappa shape index (κ1) is 14.0. The molecule has 0 bridgehead atoms. The highest BCUT2D eigenvalue weighted by atomic mass is 32.2. The van der Waals surface area contributed by atoms with Gasteiger partial charge in [0.25, 0.3) is 0 Å². The number of nitrogens with zero attached hydrogens (tertiary/aromatic N) is 1. The van der Waals surface area contributed by atoms with Crippen LogP contribution >= 0.6 is 11.8 Å². The van der Waals surface area contributed by atoms with Crippen LogP contribution in [0.5, 0.6) is 5.75 Å². The van der Waals surface area contributed by atoms with E-state index in [1.807, 2.05) is 30.8 Å². The van der Waals surface area contributed by atoms with Gasteiger partial charge in [-0.15, -0.1) is 0 Å². The second kappa shape index (κ2) is 5.82. The van der Waals surface area contributed by atoms with Crippen LogP contribution in [-0.4, -0.2) is 34.8 Å².